The predicted molar refractivity (Wildman–Crippen MR) is 70.0 cm³/mol. The van der Waals surface area contributed by atoms with Gasteiger partial charge in [0.1, 0.15) is 0 Å². The maximum absolute atomic E-state index is 11.5. The number of hydrogen-bond donors (Lipinski definition) is 0. The molecule has 0 heterocycles. The molecule has 17 heavy (non-hydrogen) atoms. The first kappa shape index (κ1) is 11.7. The minimum absolute atomic E-state index is 0.345. The van der Waals surface area contributed by atoms with Crippen molar-refractivity contribution in [3.63, 3.8) is 0 Å². The highest BCUT2D eigenvalue weighted by Gasteiger charge is 2.10. The van der Waals surface area contributed by atoms with Crippen LogP contribution in [-0.2, 0) is 4.79 Å². The SMILES string of the molecule is O=CC(=O)c1ccccc1-c1ccc(Br)cc1. The summed E-state index contributed by atoms with van der Waals surface area (Å²) < 4.78 is 0.973. The fourth-order valence-corrected chi connectivity index (χ4v) is 1.91. The van der Waals surface area contributed by atoms with Crippen molar-refractivity contribution in [3.8, 4) is 11.1 Å². The van der Waals surface area contributed by atoms with Crippen LogP contribution < -0.4 is 0 Å². The van der Waals surface area contributed by atoms with Crippen molar-refractivity contribution in [2.24, 2.45) is 0 Å². The lowest BCUT2D eigenvalue weighted by atomic mass is 9.97. The first-order valence-corrected chi connectivity index (χ1v) is 5.86. The fourth-order valence-electron chi connectivity index (χ4n) is 1.64. The Hall–Kier alpha value is -1.74. The van der Waals surface area contributed by atoms with Gasteiger partial charge in [0, 0.05) is 10.0 Å². The second-order valence-corrected chi connectivity index (χ2v) is 4.45. The first-order chi connectivity index (χ1) is 8.22. The van der Waals surface area contributed by atoms with Crippen LogP contribution >= 0.6 is 15.9 Å². The number of hydrogen-bond acceptors (Lipinski definition) is 2. The Balaban J connectivity index is 2.55. The quantitative estimate of drug-likeness (QED) is 0.492. The molecule has 0 radical (unpaired) electrons. The number of carbonyl (C=O) groups excluding carboxylic acids is 2. The topological polar surface area (TPSA) is 34.1 Å². The van der Waals surface area contributed by atoms with Crippen LogP contribution in [-0.4, -0.2) is 12.1 Å². The standard InChI is InChI=1S/C14H9BrO2/c15-11-7-5-10(6-8-11)12-3-1-2-4-13(12)14(17)9-16/h1-9H. The van der Waals surface area contributed by atoms with E-state index < -0.39 is 5.78 Å². The van der Waals surface area contributed by atoms with Crippen LogP contribution in [0.5, 0.6) is 0 Å². The molecule has 0 N–H and O–H groups in total. The van der Waals surface area contributed by atoms with Crippen molar-refractivity contribution in [1.29, 1.82) is 0 Å². The molecule has 0 atom stereocenters. The average molecular weight is 289 g/mol. The molecule has 0 saturated carbocycles. The Morgan fingerprint density at radius 1 is 1.00 bits per heavy atom. The highest BCUT2D eigenvalue weighted by atomic mass is 79.9. The van der Waals surface area contributed by atoms with E-state index in [1.165, 1.54) is 0 Å². The molecule has 84 valence electrons. The highest BCUT2D eigenvalue weighted by Crippen LogP contribution is 2.25. The number of carbonyl (C=O) groups is 2. The van der Waals surface area contributed by atoms with Crippen molar-refractivity contribution in [2.75, 3.05) is 0 Å². The lowest BCUT2D eigenvalue weighted by Gasteiger charge is -2.06. The number of rotatable bonds is 3. The number of benzene rings is 2. The van der Waals surface area contributed by atoms with Gasteiger partial charge in [-0.05, 0) is 23.3 Å². The summed E-state index contributed by atoms with van der Waals surface area (Å²) in [5.74, 6) is -0.497. The van der Waals surface area contributed by atoms with E-state index in [0.717, 1.165) is 15.6 Å². The minimum atomic E-state index is -0.497. The number of Topliss-reactive ketones (excluding diaryl/α,β-unsaturated/α-hetero) is 1. The smallest absolute Gasteiger partial charge is 0.225 e. The number of aldehydes is 1. The molecule has 0 unspecified atom stereocenters. The Morgan fingerprint density at radius 2 is 1.65 bits per heavy atom. The zero-order chi connectivity index (χ0) is 12.3. The average Bonchev–Trinajstić information content (AvgIpc) is 2.39. The van der Waals surface area contributed by atoms with E-state index in [-0.39, 0.29) is 0 Å². The molecular formula is C14H9BrO2. The summed E-state index contributed by atoms with van der Waals surface area (Å²) in [6, 6.07) is 14.7. The Kier molecular flexibility index (Phi) is 3.49. The third-order valence-corrected chi connectivity index (χ3v) is 2.98. The lowest BCUT2D eigenvalue weighted by molar-refractivity contribution is -0.104. The molecule has 0 aliphatic heterocycles. The molecule has 3 heteroatoms. The maximum atomic E-state index is 11.5. The van der Waals surface area contributed by atoms with E-state index in [4.69, 9.17) is 0 Å². The molecule has 0 amide bonds. The van der Waals surface area contributed by atoms with Gasteiger partial charge in [0.2, 0.25) is 5.78 Å². The second kappa shape index (κ2) is 5.06. The van der Waals surface area contributed by atoms with Crippen molar-refractivity contribution in [1.82, 2.24) is 0 Å². The molecule has 0 spiro atoms. The van der Waals surface area contributed by atoms with E-state index in [0.29, 0.717) is 11.8 Å². The van der Waals surface area contributed by atoms with Gasteiger partial charge in [0.25, 0.3) is 0 Å². The van der Waals surface area contributed by atoms with Crippen LogP contribution in [0.25, 0.3) is 11.1 Å². The largest absolute Gasteiger partial charge is 0.294 e. The molecule has 0 saturated heterocycles. The molecule has 0 fully saturated rings. The summed E-state index contributed by atoms with van der Waals surface area (Å²) in [6.45, 7) is 0. The summed E-state index contributed by atoms with van der Waals surface area (Å²) in [5.41, 5.74) is 2.13. The molecule has 2 aromatic carbocycles. The van der Waals surface area contributed by atoms with E-state index in [9.17, 15) is 9.59 Å². The fraction of sp³-hybridized carbons (Fsp3) is 0. The molecule has 2 rings (SSSR count). The van der Waals surface area contributed by atoms with Crippen molar-refractivity contribution < 1.29 is 9.59 Å². The summed E-state index contributed by atoms with van der Waals surface area (Å²) in [7, 11) is 0. The van der Waals surface area contributed by atoms with Gasteiger partial charge in [-0.3, -0.25) is 9.59 Å². The van der Waals surface area contributed by atoms with Gasteiger partial charge >= 0.3 is 0 Å². The van der Waals surface area contributed by atoms with E-state index in [1.54, 1.807) is 12.1 Å². The lowest BCUT2D eigenvalue weighted by Crippen LogP contribution is -2.01. The first-order valence-electron chi connectivity index (χ1n) is 5.07. The van der Waals surface area contributed by atoms with E-state index in [1.807, 2.05) is 36.4 Å². The normalized spacial score (nSPS) is 9.94. The third-order valence-electron chi connectivity index (χ3n) is 2.45. The van der Waals surface area contributed by atoms with E-state index >= 15 is 0 Å². The zero-order valence-electron chi connectivity index (χ0n) is 8.89. The van der Waals surface area contributed by atoms with Gasteiger partial charge in [-0.1, -0.05) is 52.3 Å². The van der Waals surface area contributed by atoms with Crippen LogP contribution in [0.15, 0.2) is 53.0 Å². The third kappa shape index (κ3) is 2.50. The maximum Gasteiger partial charge on any atom is 0.225 e. The van der Waals surface area contributed by atoms with Crippen LogP contribution in [0, 0.1) is 0 Å². The van der Waals surface area contributed by atoms with Gasteiger partial charge in [-0.2, -0.15) is 0 Å². The highest BCUT2D eigenvalue weighted by molar-refractivity contribution is 9.10. The van der Waals surface area contributed by atoms with Crippen LogP contribution in [0.2, 0.25) is 0 Å². The second-order valence-electron chi connectivity index (χ2n) is 3.53. The van der Waals surface area contributed by atoms with Gasteiger partial charge < -0.3 is 0 Å². The predicted octanol–water partition coefficient (Wildman–Crippen LogP) is 3.50. The Bertz CT molecular complexity index is 559. The Morgan fingerprint density at radius 3 is 2.29 bits per heavy atom. The number of ketones is 1. The van der Waals surface area contributed by atoms with Gasteiger partial charge in [-0.25, -0.2) is 0 Å². The van der Waals surface area contributed by atoms with Crippen molar-refractivity contribution in [2.45, 2.75) is 0 Å². The molecule has 0 aliphatic carbocycles. The van der Waals surface area contributed by atoms with Crippen molar-refractivity contribution >= 4 is 28.0 Å². The summed E-state index contributed by atoms with van der Waals surface area (Å²) in [5, 5.41) is 0. The van der Waals surface area contributed by atoms with Crippen LogP contribution in [0.3, 0.4) is 0 Å². The molecule has 2 nitrogen and oxygen atoms in total. The van der Waals surface area contributed by atoms with Crippen LogP contribution in [0.1, 0.15) is 10.4 Å². The van der Waals surface area contributed by atoms with E-state index in [2.05, 4.69) is 15.9 Å². The molecular weight excluding hydrogens is 280 g/mol. The van der Waals surface area contributed by atoms with Crippen molar-refractivity contribution in [3.05, 3.63) is 58.6 Å². The zero-order valence-corrected chi connectivity index (χ0v) is 10.5. The van der Waals surface area contributed by atoms with Gasteiger partial charge in [0.05, 0.1) is 0 Å². The summed E-state index contributed by atoms with van der Waals surface area (Å²) >= 11 is 3.36. The summed E-state index contributed by atoms with van der Waals surface area (Å²) in [4.78, 5) is 22.1. The Labute approximate surface area is 107 Å². The molecule has 0 aliphatic rings. The molecule has 2 aromatic rings. The molecule has 0 aromatic heterocycles. The van der Waals surface area contributed by atoms with Gasteiger partial charge in [-0.15, -0.1) is 0 Å². The number of halogens is 1. The minimum Gasteiger partial charge on any atom is -0.294 e. The van der Waals surface area contributed by atoms with Gasteiger partial charge in [0.15, 0.2) is 6.29 Å². The van der Waals surface area contributed by atoms with Crippen LogP contribution in [0.4, 0.5) is 0 Å². The monoisotopic (exact) mass is 288 g/mol. The molecule has 0 bridgehead atoms. The summed E-state index contributed by atoms with van der Waals surface area (Å²) in [6.07, 6.45) is 0.345.